The number of carboxylic acids is 1. The van der Waals surface area contributed by atoms with Gasteiger partial charge >= 0.3 is 5.97 Å². The Kier molecular flexibility index (Phi) is 4.24. The number of carboxylic acid groups (broad SMARTS) is 1. The molecule has 2 aromatic rings. The average Bonchev–Trinajstić information content (AvgIpc) is 3.01. The van der Waals surface area contributed by atoms with Crippen LogP contribution in [0.1, 0.15) is 33.7 Å². The van der Waals surface area contributed by atoms with Gasteiger partial charge in [-0.15, -0.1) is 0 Å². The highest BCUT2D eigenvalue weighted by molar-refractivity contribution is 6.08. The predicted octanol–water partition coefficient (Wildman–Crippen LogP) is 2.16. The Balaban J connectivity index is 1.84. The average molecular weight is 325 g/mol. The van der Waals surface area contributed by atoms with Crippen LogP contribution in [-0.4, -0.2) is 34.4 Å². The van der Waals surface area contributed by atoms with E-state index in [9.17, 15) is 14.4 Å². The Morgan fingerprint density at radius 3 is 2.75 bits per heavy atom. The molecule has 1 aliphatic heterocycles. The standard InChI is InChI=1S/C17H15N3O4/c21-14-7-3-9-20(14)12-5-1-4-11(10-12)16(22)19-13-6-2-8-18-15(13)17(23)24/h1-2,4-6,8,10H,3,7,9H2,(H,19,22)(H,23,24). The number of aromatic carboxylic acids is 1. The van der Waals surface area contributed by atoms with Gasteiger partial charge in [-0.25, -0.2) is 9.78 Å². The first-order chi connectivity index (χ1) is 11.6. The molecule has 24 heavy (non-hydrogen) atoms. The predicted molar refractivity (Wildman–Crippen MR) is 87.2 cm³/mol. The molecule has 3 rings (SSSR count). The molecule has 1 fully saturated rings. The van der Waals surface area contributed by atoms with Gasteiger partial charge in [0.25, 0.3) is 5.91 Å². The molecular formula is C17H15N3O4. The Morgan fingerprint density at radius 2 is 2.04 bits per heavy atom. The van der Waals surface area contributed by atoms with Crippen LogP contribution in [0.15, 0.2) is 42.6 Å². The minimum atomic E-state index is -1.22. The monoisotopic (exact) mass is 325 g/mol. The fourth-order valence-electron chi connectivity index (χ4n) is 2.61. The van der Waals surface area contributed by atoms with Crippen LogP contribution in [0.2, 0.25) is 0 Å². The summed E-state index contributed by atoms with van der Waals surface area (Å²) in [6.07, 6.45) is 2.65. The van der Waals surface area contributed by atoms with Crippen molar-refractivity contribution in [1.82, 2.24) is 4.98 Å². The molecule has 7 heteroatoms. The molecule has 0 spiro atoms. The summed E-state index contributed by atoms with van der Waals surface area (Å²) >= 11 is 0. The van der Waals surface area contributed by atoms with E-state index in [1.807, 2.05) is 0 Å². The summed E-state index contributed by atoms with van der Waals surface area (Å²) in [5.74, 6) is -1.64. The minimum Gasteiger partial charge on any atom is -0.476 e. The van der Waals surface area contributed by atoms with E-state index in [-0.39, 0.29) is 17.3 Å². The lowest BCUT2D eigenvalue weighted by Crippen LogP contribution is -2.24. The number of anilines is 2. The highest BCUT2D eigenvalue weighted by Gasteiger charge is 2.22. The van der Waals surface area contributed by atoms with Crippen molar-refractivity contribution >= 4 is 29.2 Å². The van der Waals surface area contributed by atoms with Crippen LogP contribution in [0.4, 0.5) is 11.4 Å². The molecule has 1 aromatic carbocycles. The van der Waals surface area contributed by atoms with Gasteiger partial charge in [0.1, 0.15) is 0 Å². The summed E-state index contributed by atoms with van der Waals surface area (Å²) < 4.78 is 0. The quantitative estimate of drug-likeness (QED) is 0.897. The number of hydrogen-bond acceptors (Lipinski definition) is 4. The van der Waals surface area contributed by atoms with E-state index in [1.54, 1.807) is 35.2 Å². The molecule has 1 aromatic heterocycles. The summed E-state index contributed by atoms with van der Waals surface area (Å²) in [4.78, 5) is 40.8. The molecule has 0 radical (unpaired) electrons. The Bertz CT molecular complexity index is 819. The molecule has 2 amide bonds. The van der Waals surface area contributed by atoms with Crippen LogP contribution in [0.25, 0.3) is 0 Å². The first-order valence-corrected chi connectivity index (χ1v) is 7.46. The van der Waals surface area contributed by atoms with Crippen molar-refractivity contribution in [3.63, 3.8) is 0 Å². The maximum Gasteiger partial charge on any atom is 0.356 e. The molecule has 0 saturated carbocycles. The van der Waals surface area contributed by atoms with E-state index >= 15 is 0 Å². The maximum atomic E-state index is 12.4. The molecule has 1 saturated heterocycles. The number of carbonyl (C=O) groups is 3. The minimum absolute atomic E-state index is 0.0352. The summed E-state index contributed by atoms with van der Waals surface area (Å²) in [6.45, 7) is 0.635. The van der Waals surface area contributed by atoms with Gasteiger partial charge in [0.2, 0.25) is 5.91 Å². The normalized spacial score (nSPS) is 13.8. The molecule has 1 aliphatic rings. The fourth-order valence-corrected chi connectivity index (χ4v) is 2.61. The van der Waals surface area contributed by atoms with Gasteiger partial charge in [0.15, 0.2) is 5.69 Å². The molecule has 0 aliphatic carbocycles. The van der Waals surface area contributed by atoms with Gasteiger partial charge < -0.3 is 15.3 Å². The van der Waals surface area contributed by atoms with Crippen molar-refractivity contribution in [3.8, 4) is 0 Å². The number of hydrogen-bond donors (Lipinski definition) is 2. The third-order valence-corrected chi connectivity index (χ3v) is 3.75. The largest absolute Gasteiger partial charge is 0.476 e. The number of nitrogens with zero attached hydrogens (tertiary/aromatic N) is 2. The van der Waals surface area contributed by atoms with Crippen molar-refractivity contribution in [2.45, 2.75) is 12.8 Å². The zero-order chi connectivity index (χ0) is 17.1. The molecule has 2 heterocycles. The van der Waals surface area contributed by atoms with Crippen LogP contribution in [0.5, 0.6) is 0 Å². The molecule has 0 atom stereocenters. The summed E-state index contributed by atoms with van der Waals surface area (Å²) in [5.41, 5.74) is 0.900. The zero-order valence-corrected chi connectivity index (χ0v) is 12.7. The number of carbonyl (C=O) groups excluding carboxylic acids is 2. The van der Waals surface area contributed by atoms with Crippen LogP contribution in [0.3, 0.4) is 0 Å². The second-order valence-electron chi connectivity index (χ2n) is 5.36. The summed E-state index contributed by atoms with van der Waals surface area (Å²) in [6, 6.07) is 9.71. The Hall–Kier alpha value is -3.22. The Labute approximate surface area is 137 Å². The van der Waals surface area contributed by atoms with E-state index in [1.165, 1.54) is 12.3 Å². The smallest absolute Gasteiger partial charge is 0.356 e. The lowest BCUT2D eigenvalue weighted by Gasteiger charge is -2.16. The first-order valence-electron chi connectivity index (χ1n) is 7.46. The molecule has 2 N–H and O–H groups in total. The topological polar surface area (TPSA) is 99.6 Å². The maximum absolute atomic E-state index is 12.4. The first kappa shape index (κ1) is 15.7. The molecular weight excluding hydrogens is 310 g/mol. The number of nitrogens with one attached hydrogen (secondary N) is 1. The highest BCUT2D eigenvalue weighted by Crippen LogP contribution is 2.23. The molecule has 0 bridgehead atoms. The van der Waals surface area contributed by atoms with E-state index in [0.717, 1.165) is 6.42 Å². The molecule has 122 valence electrons. The Morgan fingerprint density at radius 1 is 1.21 bits per heavy atom. The van der Waals surface area contributed by atoms with Crippen molar-refractivity contribution in [2.24, 2.45) is 0 Å². The molecule has 0 unspecified atom stereocenters. The molecule has 7 nitrogen and oxygen atoms in total. The lowest BCUT2D eigenvalue weighted by atomic mass is 10.1. The second-order valence-corrected chi connectivity index (χ2v) is 5.36. The van der Waals surface area contributed by atoms with E-state index in [0.29, 0.717) is 24.2 Å². The number of rotatable bonds is 4. The van der Waals surface area contributed by atoms with E-state index in [2.05, 4.69) is 10.3 Å². The lowest BCUT2D eigenvalue weighted by molar-refractivity contribution is -0.117. The third kappa shape index (κ3) is 3.10. The summed E-state index contributed by atoms with van der Waals surface area (Å²) in [7, 11) is 0. The van der Waals surface area contributed by atoms with E-state index < -0.39 is 11.9 Å². The summed E-state index contributed by atoms with van der Waals surface area (Å²) in [5, 5.41) is 11.7. The van der Waals surface area contributed by atoms with Gasteiger partial charge in [-0.1, -0.05) is 6.07 Å². The van der Waals surface area contributed by atoms with Gasteiger partial charge in [-0.2, -0.15) is 0 Å². The van der Waals surface area contributed by atoms with Crippen LogP contribution in [-0.2, 0) is 4.79 Å². The number of benzene rings is 1. The van der Waals surface area contributed by atoms with Gasteiger partial charge in [0.05, 0.1) is 5.69 Å². The fraction of sp³-hybridized carbons (Fsp3) is 0.176. The van der Waals surface area contributed by atoms with Crippen molar-refractivity contribution in [2.75, 3.05) is 16.8 Å². The zero-order valence-electron chi connectivity index (χ0n) is 12.7. The van der Waals surface area contributed by atoms with Crippen molar-refractivity contribution in [1.29, 1.82) is 0 Å². The van der Waals surface area contributed by atoms with Crippen LogP contribution in [0, 0.1) is 0 Å². The van der Waals surface area contributed by atoms with E-state index in [4.69, 9.17) is 5.11 Å². The van der Waals surface area contributed by atoms with Gasteiger partial charge in [-0.3, -0.25) is 9.59 Å². The SMILES string of the molecule is O=C(Nc1cccnc1C(=O)O)c1cccc(N2CCCC2=O)c1. The second kappa shape index (κ2) is 6.49. The van der Waals surface area contributed by atoms with Crippen LogP contribution >= 0.6 is 0 Å². The number of amides is 2. The number of pyridine rings is 1. The van der Waals surface area contributed by atoms with Crippen LogP contribution < -0.4 is 10.2 Å². The van der Waals surface area contributed by atoms with Gasteiger partial charge in [-0.05, 0) is 36.8 Å². The highest BCUT2D eigenvalue weighted by atomic mass is 16.4. The van der Waals surface area contributed by atoms with Crippen molar-refractivity contribution < 1.29 is 19.5 Å². The third-order valence-electron chi connectivity index (χ3n) is 3.75. The number of aromatic nitrogens is 1. The van der Waals surface area contributed by atoms with Gasteiger partial charge in [0, 0.05) is 30.4 Å². The van der Waals surface area contributed by atoms with Crippen molar-refractivity contribution in [3.05, 3.63) is 53.9 Å².